The second-order valence-corrected chi connectivity index (χ2v) is 8.43. The molecule has 1 saturated carbocycles. The molecule has 0 bridgehead atoms. The van der Waals surface area contributed by atoms with E-state index in [1.54, 1.807) is 18.6 Å². The number of rotatable bonds is 6. The molecule has 0 spiro atoms. The third-order valence-corrected chi connectivity index (χ3v) is 6.00. The topological polar surface area (TPSA) is 142 Å². The molecule has 3 aromatic rings. The zero-order chi connectivity index (χ0) is 23.5. The van der Waals surface area contributed by atoms with Crippen molar-refractivity contribution < 1.29 is 14.3 Å². The first-order valence-electron chi connectivity index (χ1n) is 11.3. The molecule has 5 rings (SSSR count). The minimum atomic E-state index is -0.448. The summed E-state index contributed by atoms with van der Waals surface area (Å²) in [6.07, 6.45) is 6.77. The minimum Gasteiger partial charge on any atom is -0.490 e. The number of carbonyl (C=O) groups excluding carboxylic acids is 1. The number of pyridine rings is 1. The van der Waals surface area contributed by atoms with Gasteiger partial charge in [0.05, 0.1) is 42.7 Å². The van der Waals surface area contributed by atoms with Gasteiger partial charge < -0.3 is 31.2 Å². The van der Waals surface area contributed by atoms with E-state index in [9.17, 15) is 4.79 Å². The highest BCUT2D eigenvalue weighted by atomic mass is 16.5. The molecule has 1 amide bonds. The van der Waals surface area contributed by atoms with E-state index in [1.807, 2.05) is 30.3 Å². The first kappa shape index (κ1) is 22.1. The normalized spacial score (nSPS) is 19.9. The van der Waals surface area contributed by atoms with Crippen molar-refractivity contribution in [2.45, 2.75) is 25.0 Å². The summed E-state index contributed by atoms with van der Waals surface area (Å²) < 4.78 is 11.3. The largest absolute Gasteiger partial charge is 0.490 e. The number of benzene rings is 1. The number of hydrogen-bond acceptors (Lipinski definition) is 9. The predicted octanol–water partition coefficient (Wildman–Crippen LogP) is 2.08. The second-order valence-electron chi connectivity index (χ2n) is 8.43. The average molecular weight is 462 g/mol. The fourth-order valence-electron chi connectivity index (χ4n) is 4.05. The molecular formula is C24H27N7O3. The van der Waals surface area contributed by atoms with Crippen LogP contribution in [0.25, 0.3) is 11.3 Å². The number of hydrogen-bond donors (Lipinski definition) is 3. The number of anilines is 3. The first-order valence-corrected chi connectivity index (χ1v) is 11.3. The van der Waals surface area contributed by atoms with Crippen LogP contribution in [0.15, 0.2) is 48.9 Å². The summed E-state index contributed by atoms with van der Waals surface area (Å²) in [5.74, 6) is 0.379. The van der Waals surface area contributed by atoms with Gasteiger partial charge in [0.15, 0.2) is 11.5 Å². The maximum absolute atomic E-state index is 13.1. The van der Waals surface area contributed by atoms with Crippen molar-refractivity contribution in [2.75, 3.05) is 42.3 Å². The van der Waals surface area contributed by atoms with Crippen molar-refractivity contribution in [3.63, 3.8) is 0 Å². The molecule has 1 aliphatic carbocycles. The zero-order valence-electron chi connectivity index (χ0n) is 18.7. The maximum atomic E-state index is 13.1. The maximum Gasteiger partial charge on any atom is 0.278 e. The van der Waals surface area contributed by atoms with Crippen LogP contribution < -0.4 is 26.4 Å². The van der Waals surface area contributed by atoms with Gasteiger partial charge >= 0.3 is 0 Å². The Morgan fingerprint density at radius 2 is 1.88 bits per heavy atom. The van der Waals surface area contributed by atoms with Crippen LogP contribution >= 0.6 is 0 Å². The number of nitrogen functional groups attached to an aromatic ring is 1. The fourth-order valence-corrected chi connectivity index (χ4v) is 4.05. The molecule has 0 atom stereocenters. The van der Waals surface area contributed by atoms with Crippen molar-refractivity contribution in [2.24, 2.45) is 5.73 Å². The monoisotopic (exact) mass is 461 g/mol. The SMILES string of the molecule is Nc1ncc(-c2ccc(OC3CC(N)C3)cc2)nc1C(=O)Nc1cnccc1N1CCOCC1. The minimum absolute atomic E-state index is 0.0538. The number of nitrogens with zero attached hydrogens (tertiary/aromatic N) is 4. The number of nitrogens with two attached hydrogens (primary N) is 2. The smallest absolute Gasteiger partial charge is 0.278 e. The highest BCUT2D eigenvalue weighted by Gasteiger charge is 2.27. The summed E-state index contributed by atoms with van der Waals surface area (Å²) in [7, 11) is 0. The van der Waals surface area contributed by atoms with Crippen molar-refractivity contribution >= 4 is 23.1 Å². The van der Waals surface area contributed by atoms with Crippen molar-refractivity contribution in [3.05, 3.63) is 54.6 Å². The lowest BCUT2D eigenvalue weighted by atomic mass is 9.90. The summed E-state index contributed by atoms with van der Waals surface area (Å²) >= 11 is 0. The Morgan fingerprint density at radius 3 is 2.62 bits per heavy atom. The molecule has 176 valence electrons. The van der Waals surface area contributed by atoms with E-state index in [0.29, 0.717) is 24.6 Å². The van der Waals surface area contributed by atoms with Gasteiger partial charge in [-0.2, -0.15) is 0 Å². The lowest BCUT2D eigenvalue weighted by Crippen LogP contribution is -2.43. The van der Waals surface area contributed by atoms with Gasteiger partial charge in [-0.25, -0.2) is 9.97 Å². The van der Waals surface area contributed by atoms with Crippen LogP contribution in [0.1, 0.15) is 23.3 Å². The number of carbonyl (C=O) groups is 1. The van der Waals surface area contributed by atoms with Gasteiger partial charge in [0.1, 0.15) is 11.9 Å². The van der Waals surface area contributed by atoms with Crippen LogP contribution in [0.5, 0.6) is 5.75 Å². The van der Waals surface area contributed by atoms with E-state index in [2.05, 4.69) is 25.2 Å². The molecule has 10 nitrogen and oxygen atoms in total. The molecule has 3 heterocycles. The standard InChI is InChI=1S/C24H27N7O3/c25-16-11-18(12-16)34-17-3-1-15(2-4-17)19-14-28-23(26)22(29-19)24(32)30-20-13-27-6-5-21(20)31-7-9-33-10-8-31/h1-6,13-14,16,18H,7-12,25H2,(H2,26,28)(H,30,32). The Labute approximate surface area is 197 Å². The van der Waals surface area contributed by atoms with E-state index in [1.165, 1.54) is 0 Å². The van der Waals surface area contributed by atoms with Crippen LogP contribution in [0.2, 0.25) is 0 Å². The van der Waals surface area contributed by atoms with Crippen LogP contribution in [-0.4, -0.2) is 59.3 Å². The summed E-state index contributed by atoms with van der Waals surface area (Å²) in [4.78, 5) is 28.1. The van der Waals surface area contributed by atoms with Crippen LogP contribution in [-0.2, 0) is 4.74 Å². The molecule has 1 aromatic carbocycles. The summed E-state index contributed by atoms with van der Waals surface area (Å²) in [5.41, 5.74) is 14.7. The molecule has 2 fully saturated rings. The lowest BCUT2D eigenvalue weighted by molar-refractivity contribution is 0.101. The molecule has 10 heteroatoms. The van der Waals surface area contributed by atoms with Gasteiger partial charge in [-0.15, -0.1) is 0 Å². The zero-order valence-corrected chi connectivity index (χ0v) is 18.7. The molecule has 0 radical (unpaired) electrons. The lowest BCUT2D eigenvalue weighted by Gasteiger charge is -2.32. The summed E-state index contributed by atoms with van der Waals surface area (Å²) in [6.45, 7) is 2.73. The molecule has 1 saturated heterocycles. The molecular weight excluding hydrogens is 434 g/mol. The van der Waals surface area contributed by atoms with Crippen LogP contribution in [0.3, 0.4) is 0 Å². The Hall–Kier alpha value is -3.76. The number of ether oxygens (including phenoxy) is 2. The van der Waals surface area contributed by atoms with E-state index in [-0.39, 0.29) is 23.7 Å². The molecule has 1 aliphatic heterocycles. The molecule has 0 unspecified atom stereocenters. The fraction of sp³-hybridized carbons (Fsp3) is 0.333. The van der Waals surface area contributed by atoms with E-state index in [0.717, 1.165) is 42.9 Å². The van der Waals surface area contributed by atoms with Gasteiger partial charge in [-0.1, -0.05) is 0 Å². The van der Waals surface area contributed by atoms with Gasteiger partial charge in [0.2, 0.25) is 0 Å². The van der Waals surface area contributed by atoms with Crippen LogP contribution in [0.4, 0.5) is 17.2 Å². The van der Waals surface area contributed by atoms with Gasteiger partial charge in [-0.05, 0) is 43.2 Å². The first-order chi connectivity index (χ1) is 16.6. The summed E-state index contributed by atoms with van der Waals surface area (Å²) in [5, 5.41) is 2.89. The van der Waals surface area contributed by atoms with Crippen LogP contribution in [0, 0.1) is 0 Å². The Morgan fingerprint density at radius 1 is 1.12 bits per heavy atom. The third kappa shape index (κ3) is 4.78. The van der Waals surface area contributed by atoms with Gasteiger partial charge in [0.25, 0.3) is 5.91 Å². The summed E-state index contributed by atoms with van der Waals surface area (Å²) in [6, 6.07) is 9.62. The number of amides is 1. The number of aromatic nitrogens is 3. The van der Waals surface area contributed by atoms with E-state index >= 15 is 0 Å². The predicted molar refractivity (Wildman–Crippen MR) is 129 cm³/mol. The van der Waals surface area contributed by atoms with Crippen molar-refractivity contribution in [1.29, 1.82) is 0 Å². The van der Waals surface area contributed by atoms with Crippen molar-refractivity contribution in [3.8, 4) is 17.0 Å². The van der Waals surface area contributed by atoms with E-state index in [4.69, 9.17) is 20.9 Å². The second kappa shape index (κ2) is 9.62. The molecule has 5 N–H and O–H groups in total. The Balaban J connectivity index is 1.33. The quantitative estimate of drug-likeness (QED) is 0.503. The highest BCUT2D eigenvalue weighted by molar-refractivity contribution is 6.07. The number of nitrogens with one attached hydrogen (secondary N) is 1. The highest BCUT2D eigenvalue weighted by Crippen LogP contribution is 2.28. The van der Waals surface area contributed by atoms with Gasteiger partial charge in [0, 0.05) is 30.9 Å². The van der Waals surface area contributed by atoms with Crippen molar-refractivity contribution in [1.82, 2.24) is 15.0 Å². The number of morpholine rings is 1. The van der Waals surface area contributed by atoms with E-state index < -0.39 is 5.91 Å². The average Bonchev–Trinajstić information content (AvgIpc) is 2.85. The molecule has 2 aromatic heterocycles. The Bertz CT molecular complexity index is 1160. The third-order valence-electron chi connectivity index (χ3n) is 6.00. The molecule has 2 aliphatic rings. The molecule has 34 heavy (non-hydrogen) atoms. The van der Waals surface area contributed by atoms with Gasteiger partial charge in [-0.3, -0.25) is 9.78 Å². The Kier molecular flexibility index (Phi) is 6.24.